The summed E-state index contributed by atoms with van der Waals surface area (Å²) in [5, 5.41) is 0. The van der Waals surface area contributed by atoms with Gasteiger partial charge in [0, 0.05) is 23.8 Å². The van der Waals surface area contributed by atoms with E-state index in [-0.39, 0.29) is 0 Å². The summed E-state index contributed by atoms with van der Waals surface area (Å²) in [5.74, 6) is 0. The summed E-state index contributed by atoms with van der Waals surface area (Å²) >= 11 is 0. The SMILES string of the molecule is O=CCc1cccc2cccn12. The number of aldehydes is 1. The van der Waals surface area contributed by atoms with Crippen LogP contribution in [0.5, 0.6) is 0 Å². The van der Waals surface area contributed by atoms with Crippen LogP contribution in [0.1, 0.15) is 5.69 Å². The molecule has 2 heteroatoms. The highest BCUT2D eigenvalue weighted by Crippen LogP contribution is 2.08. The van der Waals surface area contributed by atoms with Crippen molar-refractivity contribution in [2.75, 3.05) is 0 Å². The van der Waals surface area contributed by atoms with E-state index < -0.39 is 0 Å². The fourth-order valence-electron chi connectivity index (χ4n) is 1.38. The van der Waals surface area contributed by atoms with E-state index >= 15 is 0 Å². The van der Waals surface area contributed by atoms with Crippen LogP contribution in [0.4, 0.5) is 0 Å². The van der Waals surface area contributed by atoms with E-state index in [2.05, 4.69) is 0 Å². The Labute approximate surface area is 70.4 Å². The van der Waals surface area contributed by atoms with Crippen LogP contribution in [0.2, 0.25) is 0 Å². The smallest absolute Gasteiger partial charge is 0.125 e. The maximum atomic E-state index is 10.3. The van der Waals surface area contributed by atoms with Crippen molar-refractivity contribution in [3.05, 3.63) is 42.2 Å². The van der Waals surface area contributed by atoms with Gasteiger partial charge in [-0.25, -0.2) is 0 Å². The molecule has 0 spiro atoms. The van der Waals surface area contributed by atoms with Crippen molar-refractivity contribution in [1.29, 1.82) is 0 Å². The summed E-state index contributed by atoms with van der Waals surface area (Å²) in [6, 6.07) is 9.95. The fraction of sp³-hybridized carbons (Fsp3) is 0.100. The molecule has 60 valence electrons. The first-order valence-electron chi connectivity index (χ1n) is 3.90. The summed E-state index contributed by atoms with van der Waals surface area (Å²) in [7, 11) is 0. The van der Waals surface area contributed by atoms with Crippen molar-refractivity contribution in [1.82, 2.24) is 4.40 Å². The number of carbonyl (C=O) groups excluding carboxylic acids is 1. The molecule has 0 bridgehead atoms. The van der Waals surface area contributed by atoms with Crippen LogP contribution in [0, 0.1) is 0 Å². The topological polar surface area (TPSA) is 21.5 Å². The van der Waals surface area contributed by atoms with E-state index in [9.17, 15) is 4.79 Å². The number of carbonyl (C=O) groups is 1. The highest BCUT2D eigenvalue weighted by Gasteiger charge is 1.96. The van der Waals surface area contributed by atoms with Crippen molar-refractivity contribution >= 4 is 11.8 Å². The van der Waals surface area contributed by atoms with Crippen molar-refractivity contribution in [2.24, 2.45) is 0 Å². The van der Waals surface area contributed by atoms with E-state index in [1.807, 2.05) is 40.9 Å². The first-order chi connectivity index (χ1) is 5.92. The summed E-state index contributed by atoms with van der Waals surface area (Å²) < 4.78 is 2.02. The van der Waals surface area contributed by atoms with Crippen LogP contribution < -0.4 is 0 Å². The van der Waals surface area contributed by atoms with E-state index in [0.29, 0.717) is 6.42 Å². The van der Waals surface area contributed by atoms with Crippen LogP contribution in [0.15, 0.2) is 36.5 Å². The number of hydrogen-bond donors (Lipinski definition) is 0. The number of fused-ring (bicyclic) bond motifs is 1. The first kappa shape index (κ1) is 7.10. The van der Waals surface area contributed by atoms with E-state index in [4.69, 9.17) is 0 Å². The molecule has 2 rings (SSSR count). The molecular weight excluding hydrogens is 150 g/mol. The van der Waals surface area contributed by atoms with Gasteiger partial charge >= 0.3 is 0 Å². The van der Waals surface area contributed by atoms with Gasteiger partial charge in [-0.1, -0.05) is 6.07 Å². The first-order valence-corrected chi connectivity index (χ1v) is 3.90. The van der Waals surface area contributed by atoms with Crippen LogP contribution in [-0.2, 0) is 11.2 Å². The molecule has 0 saturated heterocycles. The van der Waals surface area contributed by atoms with Crippen molar-refractivity contribution in [3.63, 3.8) is 0 Å². The van der Waals surface area contributed by atoms with Gasteiger partial charge in [0.05, 0.1) is 0 Å². The Kier molecular flexibility index (Phi) is 1.67. The van der Waals surface area contributed by atoms with Crippen molar-refractivity contribution in [3.8, 4) is 0 Å². The number of aromatic nitrogens is 1. The second-order valence-electron chi connectivity index (χ2n) is 2.69. The molecule has 0 saturated carbocycles. The molecule has 0 aliphatic carbocycles. The lowest BCUT2D eigenvalue weighted by atomic mass is 10.3. The molecule has 0 fully saturated rings. The Balaban J connectivity index is 2.65. The Bertz CT molecular complexity index is 403. The number of rotatable bonds is 2. The van der Waals surface area contributed by atoms with E-state index in [1.54, 1.807) is 0 Å². The minimum atomic E-state index is 0.478. The van der Waals surface area contributed by atoms with E-state index in [0.717, 1.165) is 17.5 Å². The molecule has 0 unspecified atom stereocenters. The number of hydrogen-bond acceptors (Lipinski definition) is 1. The molecule has 0 N–H and O–H groups in total. The monoisotopic (exact) mass is 159 g/mol. The Hall–Kier alpha value is -1.57. The van der Waals surface area contributed by atoms with Gasteiger partial charge in [0.25, 0.3) is 0 Å². The standard InChI is InChI=1S/C10H9NO/c12-8-6-10-4-1-3-9-5-2-7-11(9)10/h1-5,7-8H,6H2. The van der Waals surface area contributed by atoms with Gasteiger partial charge in [0.2, 0.25) is 0 Å². The average molecular weight is 159 g/mol. The molecule has 2 aromatic rings. The Morgan fingerprint density at radius 1 is 1.25 bits per heavy atom. The zero-order valence-electron chi connectivity index (χ0n) is 6.60. The zero-order chi connectivity index (χ0) is 8.39. The lowest BCUT2D eigenvalue weighted by Crippen LogP contribution is -1.95. The van der Waals surface area contributed by atoms with Crippen LogP contribution in [0.3, 0.4) is 0 Å². The molecule has 0 aliphatic heterocycles. The number of nitrogens with zero attached hydrogens (tertiary/aromatic N) is 1. The highest BCUT2D eigenvalue weighted by atomic mass is 16.1. The second kappa shape index (κ2) is 2.81. The van der Waals surface area contributed by atoms with Gasteiger partial charge in [0.1, 0.15) is 6.29 Å². The van der Waals surface area contributed by atoms with Gasteiger partial charge in [-0.3, -0.25) is 0 Å². The molecule has 0 aliphatic rings. The lowest BCUT2D eigenvalue weighted by Gasteiger charge is -2.00. The molecule has 2 heterocycles. The minimum Gasteiger partial charge on any atom is -0.320 e. The van der Waals surface area contributed by atoms with Crippen LogP contribution in [0.25, 0.3) is 5.52 Å². The quantitative estimate of drug-likeness (QED) is 0.611. The molecule has 0 aromatic carbocycles. The van der Waals surface area contributed by atoms with Gasteiger partial charge < -0.3 is 9.20 Å². The molecule has 0 radical (unpaired) electrons. The Morgan fingerprint density at radius 3 is 2.92 bits per heavy atom. The maximum Gasteiger partial charge on any atom is 0.125 e. The molecular formula is C10H9NO. The van der Waals surface area contributed by atoms with Gasteiger partial charge in [-0.2, -0.15) is 0 Å². The third-order valence-corrected chi connectivity index (χ3v) is 1.94. The number of pyridine rings is 1. The summed E-state index contributed by atoms with van der Waals surface area (Å²) in [5.41, 5.74) is 2.17. The zero-order valence-corrected chi connectivity index (χ0v) is 6.60. The summed E-state index contributed by atoms with van der Waals surface area (Å²) in [6.45, 7) is 0. The predicted molar refractivity (Wildman–Crippen MR) is 47.2 cm³/mol. The predicted octanol–water partition coefficient (Wildman–Crippen LogP) is 1.68. The van der Waals surface area contributed by atoms with Crippen molar-refractivity contribution < 1.29 is 4.79 Å². The summed E-state index contributed by atoms with van der Waals surface area (Å²) in [4.78, 5) is 10.3. The van der Waals surface area contributed by atoms with E-state index in [1.165, 1.54) is 0 Å². The molecule has 0 amide bonds. The lowest BCUT2D eigenvalue weighted by molar-refractivity contribution is -0.107. The van der Waals surface area contributed by atoms with Crippen LogP contribution >= 0.6 is 0 Å². The summed E-state index contributed by atoms with van der Waals surface area (Å²) in [6.07, 6.45) is 3.37. The van der Waals surface area contributed by atoms with Crippen LogP contribution in [-0.4, -0.2) is 10.7 Å². The average Bonchev–Trinajstić information content (AvgIpc) is 2.53. The molecule has 2 nitrogen and oxygen atoms in total. The van der Waals surface area contributed by atoms with Gasteiger partial charge in [-0.05, 0) is 24.3 Å². The largest absolute Gasteiger partial charge is 0.320 e. The van der Waals surface area contributed by atoms with Gasteiger partial charge in [-0.15, -0.1) is 0 Å². The normalized spacial score (nSPS) is 10.3. The highest BCUT2D eigenvalue weighted by molar-refractivity contribution is 5.56. The van der Waals surface area contributed by atoms with Crippen molar-refractivity contribution in [2.45, 2.75) is 6.42 Å². The molecule has 2 aromatic heterocycles. The molecule has 0 atom stereocenters. The third kappa shape index (κ3) is 1.01. The third-order valence-electron chi connectivity index (χ3n) is 1.94. The minimum absolute atomic E-state index is 0.478. The molecule has 12 heavy (non-hydrogen) atoms. The maximum absolute atomic E-state index is 10.3. The Morgan fingerprint density at radius 2 is 2.08 bits per heavy atom. The fourth-order valence-corrected chi connectivity index (χ4v) is 1.38. The van der Waals surface area contributed by atoms with Gasteiger partial charge in [0.15, 0.2) is 0 Å². The second-order valence-corrected chi connectivity index (χ2v) is 2.69.